The number of aliphatic carboxylic acids is 1. The number of hydrogen-bond donors (Lipinski definition) is 1. The summed E-state index contributed by atoms with van der Waals surface area (Å²) in [5, 5.41) is 20.6. The van der Waals surface area contributed by atoms with E-state index >= 15 is 0 Å². The first-order valence-corrected chi connectivity index (χ1v) is 7.34. The zero-order valence-electron chi connectivity index (χ0n) is 12.8. The second-order valence-corrected chi connectivity index (χ2v) is 5.48. The number of amides is 2. The lowest BCUT2D eigenvalue weighted by molar-refractivity contribution is -0.385. The molecule has 1 heterocycles. The monoisotopic (exact) mass is 340 g/mol. The van der Waals surface area contributed by atoms with Gasteiger partial charge in [-0.25, -0.2) is 4.79 Å². The number of carboxylic acids is 1. The van der Waals surface area contributed by atoms with E-state index in [1.54, 1.807) is 30.3 Å². The van der Waals surface area contributed by atoms with E-state index in [9.17, 15) is 29.6 Å². The third-order valence-corrected chi connectivity index (χ3v) is 3.99. The molecule has 1 atom stereocenters. The number of rotatable bonds is 5. The molecule has 0 fully saturated rings. The second kappa shape index (κ2) is 6.16. The Morgan fingerprint density at radius 2 is 1.76 bits per heavy atom. The Bertz CT molecular complexity index is 893. The van der Waals surface area contributed by atoms with E-state index in [4.69, 9.17) is 0 Å². The molecule has 2 aromatic carbocycles. The van der Waals surface area contributed by atoms with Gasteiger partial charge in [0.15, 0.2) is 0 Å². The number of fused-ring (bicyclic) bond motifs is 1. The van der Waals surface area contributed by atoms with Crippen LogP contribution in [-0.2, 0) is 11.2 Å². The van der Waals surface area contributed by atoms with Gasteiger partial charge in [-0.05, 0) is 11.6 Å². The SMILES string of the molecule is O=C(O)[C@H](Cc1ccccc1)N1C(=O)c2cccc([N+](=O)[O-])c2C1=O. The smallest absolute Gasteiger partial charge is 0.327 e. The maximum atomic E-state index is 12.6. The molecule has 0 aromatic heterocycles. The Hall–Kier alpha value is -3.55. The maximum absolute atomic E-state index is 12.6. The predicted molar refractivity (Wildman–Crippen MR) is 85.2 cm³/mol. The molecule has 1 aliphatic heterocycles. The zero-order chi connectivity index (χ0) is 18.1. The van der Waals surface area contributed by atoms with Gasteiger partial charge in [-0.3, -0.25) is 24.6 Å². The third-order valence-electron chi connectivity index (χ3n) is 3.99. The molecule has 0 bridgehead atoms. The van der Waals surface area contributed by atoms with Gasteiger partial charge in [-0.1, -0.05) is 36.4 Å². The molecule has 0 saturated heterocycles. The van der Waals surface area contributed by atoms with Gasteiger partial charge in [-0.15, -0.1) is 0 Å². The number of benzene rings is 2. The van der Waals surface area contributed by atoms with E-state index in [0.29, 0.717) is 10.5 Å². The summed E-state index contributed by atoms with van der Waals surface area (Å²) in [5.74, 6) is -3.16. The molecule has 0 spiro atoms. The fraction of sp³-hybridized carbons (Fsp3) is 0.118. The van der Waals surface area contributed by atoms with E-state index in [1.165, 1.54) is 12.1 Å². The van der Waals surface area contributed by atoms with Crippen molar-refractivity contribution in [2.45, 2.75) is 12.5 Å². The van der Waals surface area contributed by atoms with Crippen molar-refractivity contribution in [1.82, 2.24) is 4.90 Å². The van der Waals surface area contributed by atoms with Crippen LogP contribution in [0.2, 0.25) is 0 Å². The van der Waals surface area contributed by atoms with Gasteiger partial charge in [0.1, 0.15) is 11.6 Å². The molecule has 126 valence electrons. The minimum absolute atomic E-state index is 0.0879. The van der Waals surface area contributed by atoms with E-state index < -0.39 is 34.4 Å². The summed E-state index contributed by atoms with van der Waals surface area (Å²) in [6, 6.07) is 10.8. The van der Waals surface area contributed by atoms with Crippen LogP contribution in [0.3, 0.4) is 0 Å². The first-order valence-electron chi connectivity index (χ1n) is 7.34. The summed E-state index contributed by atoms with van der Waals surface area (Å²) in [4.78, 5) is 47.8. The van der Waals surface area contributed by atoms with Crippen LogP contribution in [0.25, 0.3) is 0 Å². The molecule has 0 radical (unpaired) electrons. The lowest BCUT2D eigenvalue weighted by atomic mass is 10.0. The highest BCUT2D eigenvalue weighted by Crippen LogP contribution is 2.32. The van der Waals surface area contributed by atoms with Crippen molar-refractivity contribution in [3.05, 3.63) is 75.3 Å². The van der Waals surface area contributed by atoms with Crippen molar-refractivity contribution in [2.24, 2.45) is 0 Å². The molecule has 8 heteroatoms. The van der Waals surface area contributed by atoms with Crippen LogP contribution in [0.4, 0.5) is 5.69 Å². The van der Waals surface area contributed by atoms with Gasteiger partial charge in [0.25, 0.3) is 17.5 Å². The largest absolute Gasteiger partial charge is 0.480 e. The Labute approximate surface area is 141 Å². The zero-order valence-corrected chi connectivity index (χ0v) is 12.8. The fourth-order valence-corrected chi connectivity index (χ4v) is 2.85. The third kappa shape index (κ3) is 2.74. The Morgan fingerprint density at radius 3 is 2.36 bits per heavy atom. The molecule has 3 rings (SSSR count). The normalized spacial score (nSPS) is 14.3. The highest BCUT2D eigenvalue weighted by molar-refractivity contribution is 6.24. The molecule has 0 saturated carbocycles. The summed E-state index contributed by atoms with van der Waals surface area (Å²) < 4.78 is 0. The predicted octanol–water partition coefficient (Wildman–Crippen LogP) is 1.89. The van der Waals surface area contributed by atoms with Crippen LogP contribution in [0.1, 0.15) is 26.3 Å². The Morgan fingerprint density at radius 1 is 1.08 bits per heavy atom. The van der Waals surface area contributed by atoms with Gasteiger partial charge < -0.3 is 5.11 Å². The summed E-state index contributed by atoms with van der Waals surface area (Å²) in [6.45, 7) is 0. The van der Waals surface area contributed by atoms with Gasteiger partial charge >= 0.3 is 5.97 Å². The van der Waals surface area contributed by atoms with E-state index in [1.807, 2.05) is 0 Å². The lowest BCUT2D eigenvalue weighted by Crippen LogP contribution is -2.46. The van der Waals surface area contributed by atoms with Crippen molar-refractivity contribution < 1.29 is 24.4 Å². The van der Waals surface area contributed by atoms with Gasteiger partial charge in [0.05, 0.1) is 10.5 Å². The molecular weight excluding hydrogens is 328 g/mol. The standard InChI is InChI=1S/C17H12N2O6/c20-15-11-7-4-8-12(19(24)25)14(11)16(21)18(15)13(17(22)23)9-10-5-2-1-3-6-10/h1-8,13H,9H2,(H,22,23)/t13-/m0/s1. The molecule has 2 amide bonds. The molecule has 25 heavy (non-hydrogen) atoms. The minimum Gasteiger partial charge on any atom is -0.480 e. The second-order valence-electron chi connectivity index (χ2n) is 5.48. The average Bonchev–Trinajstić information content (AvgIpc) is 2.85. The van der Waals surface area contributed by atoms with Crippen LogP contribution in [-0.4, -0.2) is 38.8 Å². The molecule has 0 unspecified atom stereocenters. The van der Waals surface area contributed by atoms with Gasteiger partial charge in [0, 0.05) is 12.5 Å². The van der Waals surface area contributed by atoms with Crippen molar-refractivity contribution in [3.8, 4) is 0 Å². The highest BCUT2D eigenvalue weighted by atomic mass is 16.6. The van der Waals surface area contributed by atoms with E-state index in [2.05, 4.69) is 0 Å². The number of carbonyl (C=O) groups excluding carboxylic acids is 2. The fourth-order valence-electron chi connectivity index (χ4n) is 2.85. The molecule has 1 N–H and O–H groups in total. The first-order chi connectivity index (χ1) is 11.9. The van der Waals surface area contributed by atoms with E-state index in [0.717, 1.165) is 6.07 Å². The molecule has 2 aromatic rings. The van der Waals surface area contributed by atoms with Crippen LogP contribution in [0.5, 0.6) is 0 Å². The summed E-state index contributed by atoms with van der Waals surface area (Å²) in [6.07, 6.45) is -0.0879. The van der Waals surface area contributed by atoms with Crippen molar-refractivity contribution in [1.29, 1.82) is 0 Å². The number of nitrogens with zero attached hydrogens (tertiary/aromatic N) is 2. The summed E-state index contributed by atoms with van der Waals surface area (Å²) in [5.41, 5.74) is -0.404. The first kappa shape index (κ1) is 16.3. The van der Waals surface area contributed by atoms with Gasteiger partial charge in [0.2, 0.25) is 0 Å². The summed E-state index contributed by atoms with van der Waals surface area (Å²) >= 11 is 0. The lowest BCUT2D eigenvalue weighted by Gasteiger charge is -2.22. The number of carboxylic acid groups (broad SMARTS) is 1. The molecule has 0 aliphatic carbocycles. The molecule has 8 nitrogen and oxygen atoms in total. The Balaban J connectivity index is 2.03. The maximum Gasteiger partial charge on any atom is 0.327 e. The minimum atomic E-state index is -1.45. The highest BCUT2D eigenvalue weighted by Gasteiger charge is 2.46. The van der Waals surface area contributed by atoms with Crippen molar-refractivity contribution in [2.75, 3.05) is 0 Å². The van der Waals surface area contributed by atoms with Crippen molar-refractivity contribution >= 4 is 23.5 Å². The average molecular weight is 340 g/mol. The van der Waals surface area contributed by atoms with Crippen molar-refractivity contribution in [3.63, 3.8) is 0 Å². The quantitative estimate of drug-likeness (QED) is 0.504. The van der Waals surface area contributed by atoms with Crippen LogP contribution >= 0.6 is 0 Å². The number of imide groups is 1. The van der Waals surface area contributed by atoms with Crippen LogP contribution in [0, 0.1) is 10.1 Å². The number of hydrogen-bond acceptors (Lipinski definition) is 5. The van der Waals surface area contributed by atoms with Crippen LogP contribution < -0.4 is 0 Å². The number of nitro groups is 1. The Kier molecular flexibility index (Phi) is 4.02. The number of nitro benzene ring substituents is 1. The van der Waals surface area contributed by atoms with Gasteiger partial charge in [-0.2, -0.15) is 0 Å². The topological polar surface area (TPSA) is 118 Å². The van der Waals surface area contributed by atoms with E-state index in [-0.39, 0.29) is 17.5 Å². The molecular formula is C17H12N2O6. The number of carbonyl (C=O) groups is 3. The van der Waals surface area contributed by atoms with Crippen LogP contribution in [0.15, 0.2) is 48.5 Å². The summed E-state index contributed by atoms with van der Waals surface area (Å²) in [7, 11) is 0. The molecule has 1 aliphatic rings.